The molecule has 5 heteroatoms. The number of hydrogen-bond donors (Lipinski definition) is 1. The van der Waals surface area contributed by atoms with Gasteiger partial charge in [-0.2, -0.15) is 0 Å². The van der Waals surface area contributed by atoms with E-state index in [1.54, 1.807) is 6.20 Å². The third-order valence-electron chi connectivity index (χ3n) is 4.23. The Labute approximate surface area is 142 Å². The molecule has 0 aromatic carbocycles. The summed E-state index contributed by atoms with van der Waals surface area (Å²) in [5, 5.41) is 3.22. The van der Waals surface area contributed by atoms with Gasteiger partial charge in [0.1, 0.15) is 11.6 Å². The predicted octanol–water partition coefficient (Wildman–Crippen LogP) is 3.19. The second kappa shape index (κ2) is 7.73. The zero-order valence-electron chi connectivity index (χ0n) is 13.7. The number of nitrogens with zero attached hydrogens (tertiary/aromatic N) is 3. The molecule has 1 N–H and O–H groups in total. The van der Waals surface area contributed by atoms with Gasteiger partial charge >= 0.3 is 0 Å². The zero-order valence-corrected chi connectivity index (χ0v) is 13.7. The van der Waals surface area contributed by atoms with Crippen molar-refractivity contribution in [1.29, 1.82) is 0 Å². The Kier molecular flexibility index (Phi) is 5.21. The largest absolute Gasteiger partial charge is 0.339 e. The molecule has 5 nitrogen and oxygen atoms in total. The molecule has 1 atom stereocenters. The molecular weight excluding hydrogens is 300 g/mol. The van der Waals surface area contributed by atoms with Crippen molar-refractivity contribution in [2.45, 2.75) is 19.3 Å². The van der Waals surface area contributed by atoms with Crippen molar-refractivity contribution in [2.24, 2.45) is 5.92 Å². The van der Waals surface area contributed by atoms with E-state index in [4.69, 9.17) is 0 Å². The first-order valence-electron chi connectivity index (χ1n) is 8.30. The normalized spacial score (nSPS) is 17.3. The van der Waals surface area contributed by atoms with Gasteiger partial charge in [-0.15, -0.1) is 0 Å². The van der Waals surface area contributed by atoms with E-state index in [9.17, 15) is 4.79 Å². The summed E-state index contributed by atoms with van der Waals surface area (Å²) in [5.41, 5.74) is 1.04. The average Bonchev–Trinajstić information content (AvgIpc) is 2.62. The number of likely N-dealkylation sites (tertiary alicyclic amines) is 1. The van der Waals surface area contributed by atoms with Gasteiger partial charge in [0.05, 0.1) is 0 Å². The van der Waals surface area contributed by atoms with Crippen LogP contribution in [-0.4, -0.2) is 33.9 Å². The number of carbonyl (C=O) groups excluding carboxylic acids is 1. The molecule has 0 spiro atoms. The van der Waals surface area contributed by atoms with E-state index in [-0.39, 0.29) is 5.91 Å². The Morgan fingerprint density at radius 1 is 1.29 bits per heavy atom. The van der Waals surface area contributed by atoms with Gasteiger partial charge in [-0.25, -0.2) is 9.97 Å². The van der Waals surface area contributed by atoms with Crippen LogP contribution in [0.15, 0.2) is 55.3 Å². The van der Waals surface area contributed by atoms with Crippen LogP contribution < -0.4 is 5.32 Å². The molecule has 1 aliphatic rings. The van der Waals surface area contributed by atoms with Crippen LogP contribution in [0.4, 0.5) is 11.6 Å². The first-order chi connectivity index (χ1) is 11.7. The fourth-order valence-electron chi connectivity index (χ4n) is 3.09. The summed E-state index contributed by atoms with van der Waals surface area (Å²) in [4.78, 5) is 22.6. The Morgan fingerprint density at radius 3 is 2.96 bits per heavy atom. The summed E-state index contributed by atoms with van der Waals surface area (Å²) in [6, 6.07) is 11.7. The lowest BCUT2D eigenvalue weighted by molar-refractivity contribution is -0.127. The van der Waals surface area contributed by atoms with E-state index in [1.807, 2.05) is 41.3 Å². The van der Waals surface area contributed by atoms with Gasteiger partial charge in [0.25, 0.3) is 0 Å². The number of piperidine rings is 1. The van der Waals surface area contributed by atoms with E-state index in [0.29, 0.717) is 5.92 Å². The van der Waals surface area contributed by atoms with Gasteiger partial charge in [0.2, 0.25) is 5.91 Å². The van der Waals surface area contributed by atoms with Crippen LogP contribution in [0.1, 0.15) is 18.5 Å². The number of aromatic nitrogens is 2. The third kappa shape index (κ3) is 4.19. The maximum Gasteiger partial charge on any atom is 0.245 e. The molecule has 24 heavy (non-hydrogen) atoms. The van der Waals surface area contributed by atoms with Gasteiger partial charge in [0.15, 0.2) is 0 Å². The van der Waals surface area contributed by atoms with Gasteiger partial charge in [0, 0.05) is 25.0 Å². The SMILES string of the molecule is C=CC(=O)N1CCCC(Cc2cccc(Nc3ccccn3)n2)C1. The number of rotatable bonds is 5. The topological polar surface area (TPSA) is 58.1 Å². The number of nitrogens with one attached hydrogen (secondary N) is 1. The first-order valence-corrected chi connectivity index (χ1v) is 8.30. The summed E-state index contributed by atoms with van der Waals surface area (Å²) in [6.07, 6.45) is 6.19. The van der Waals surface area contributed by atoms with E-state index in [2.05, 4.69) is 21.9 Å². The molecule has 1 unspecified atom stereocenters. The fourth-order valence-corrected chi connectivity index (χ4v) is 3.09. The molecule has 1 amide bonds. The van der Waals surface area contributed by atoms with Crippen LogP contribution in [-0.2, 0) is 11.2 Å². The number of amides is 1. The third-order valence-corrected chi connectivity index (χ3v) is 4.23. The van der Waals surface area contributed by atoms with E-state index < -0.39 is 0 Å². The van der Waals surface area contributed by atoms with Crippen molar-refractivity contribution in [3.05, 3.63) is 60.9 Å². The lowest BCUT2D eigenvalue weighted by atomic mass is 9.93. The highest BCUT2D eigenvalue weighted by Gasteiger charge is 2.22. The van der Waals surface area contributed by atoms with Crippen LogP contribution in [0.2, 0.25) is 0 Å². The van der Waals surface area contributed by atoms with Gasteiger partial charge < -0.3 is 10.2 Å². The highest BCUT2D eigenvalue weighted by Crippen LogP contribution is 2.21. The quantitative estimate of drug-likeness (QED) is 0.859. The van der Waals surface area contributed by atoms with Crippen molar-refractivity contribution in [2.75, 3.05) is 18.4 Å². The number of hydrogen-bond acceptors (Lipinski definition) is 4. The summed E-state index contributed by atoms with van der Waals surface area (Å²) in [7, 11) is 0. The molecule has 0 radical (unpaired) electrons. The highest BCUT2D eigenvalue weighted by molar-refractivity contribution is 5.87. The molecule has 124 valence electrons. The average molecular weight is 322 g/mol. The molecule has 0 saturated carbocycles. The number of pyridine rings is 2. The van der Waals surface area contributed by atoms with Gasteiger partial charge in [-0.05, 0) is 55.5 Å². The zero-order chi connectivity index (χ0) is 16.8. The molecule has 2 aromatic heterocycles. The van der Waals surface area contributed by atoms with Crippen molar-refractivity contribution in [3.63, 3.8) is 0 Å². The summed E-state index contributed by atoms with van der Waals surface area (Å²) in [5.74, 6) is 2.04. The minimum atomic E-state index is 0.0261. The fraction of sp³-hybridized carbons (Fsp3) is 0.316. The number of anilines is 2. The minimum Gasteiger partial charge on any atom is -0.339 e. The molecule has 0 aliphatic carbocycles. The van der Waals surface area contributed by atoms with Crippen molar-refractivity contribution < 1.29 is 4.79 Å². The second-order valence-corrected chi connectivity index (χ2v) is 6.05. The van der Waals surface area contributed by atoms with Crippen molar-refractivity contribution in [3.8, 4) is 0 Å². The number of carbonyl (C=O) groups is 1. The highest BCUT2D eigenvalue weighted by atomic mass is 16.2. The monoisotopic (exact) mass is 322 g/mol. The summed E-state index contributed by atoms with van der Waals surface area (Å²) < 4.78 is 0. The maximum atomic E-state index is 11.8. The Bertz CT molecular complexity index is 702. The van der Waals surface area contributed by atoms with Crippen LogP contribution in [0.5, 0.6) is 0 Å². The minimum absolute atomic E-state index is 0.0261. The van der Waals surface area contributed by atoms with E-state index in [0.717, 1.165) is 49.7 Å². The van der Waals surface area contributed by atoms with Gasteiger partial charge in [-0.3, -0.25) is 4.79 Å². The lowest BCUT2D eigenvalue weighted by Crippen LogP contribution is -2.39. The lowest BCUT2D eigenvalue weighted by Gasteiger charge is -2.32. The van der Waals surface area contributed by atoms with E-state index >= 15 is 0 Å². The predicted molar refractivity (Wildman–Crippen MR) is 95.0 cm³/mol. The van der Waals surface area contributed by atoms with Crippen LogP contribution in [0.3, 0.4) is 0 Å². The molecule has 1 fully saturated rings. The smallest absolute Gasteiger partial charge is 0.245 e. The standard InChI is InChI=1S/C19H22N4O/c1-2-19(24)23-12-6-7-15(14-23)13-16-8-5-10-18(21-16)22-17-9-3-4-11-20-17/h2-5,8-11,15H,1,6-7,12-14H2,(H,20,21,22). The van der Waals surface area contributed by atoms with E-state index in [1.165, 1.54) is 6.08 Å². The molecule has 0 bridgehead atoms. The molecule has 3 heterocycles. The Morgan fingerprint density at radius 2 is 2.17 bits per heavy atom. The van der Waals surface area contributed by atoms with Gasteiger partial charge in [-0.1, -0.05) is 18.7 Å². The molecular formula is C19H22N4O. The Hall–Kier alpha value is -2.69. The summed E-state index contributed by atoms with van der Waals surface area (Å²) >= 11 is 0. The Balaban J connectivity index is 1.64. The van der Waals surface area contributed by atoms with Crippen LogP contribution >= 0.6 is 0 Å². The molecule has 1 saturated heterocycles. The molecule has 2 aromatic rings. The molecule has 1 aliphatic heterocycles. The van der Waals surface area contributed by atoms with Crippen molar-refractivity contribution in [1.82, 2.24) is 14.9 Å². The molecule has 3 rings (SSSR count). The first kappa shape index (κ1) is 16.2. The maximum absolute atomic E-state index is 11.8. The summed E-state index contributed by atoms with van der Waals surface area (Å²) in [6.45, 7) is 5.19. The van der Waals surface area contributed by atoms with Crippen LogP contribution in [0.25, 0.3) is 0 Å². The van der Waals surface area contributed by atoms with Crippen LogP contribution in [0, 0.1) is 5.92 Å². The van der Waals surface area contributed by atoms with Crippen molar-refractivity contribution >= 4 is 17.5 Å². The second-order valence-electron chi connectivity index (χ2n) is 6.05.